The van der Waals surface area contributed by atoms with E-state index in [4.69, 9.17) is 32.7 Å². The van der Waals surface area contributed by atoms with Crippen LogP contribution in [0.2, 0.25) is 0 Å². The summed E-state index contributed by atoms with van der Waals surface area (Å²) in [6.45, 7) is 1.24. The Bertz CT molecular complexity index is 407. The molecule has 3 heterocycles. The van der Waals surface area contributed by atoms with Crippen molar-refractivity contribution in [3.8, 4) is 0 Å². The molecule has 0 aromatic rings. The number of rotatable bonds is 0. The van der Waals surface area contributed by atoms with Crippen molar-refractivity contribution in [3.05, 3.63) is 27.4 Å². The summed E-state index contributed by atoms with van der Waals surface area (Å²) >= 11 is 18.1. The minimum atomic E-state index is 0.620. The van der Waals surface area contributed by atoms with Crippen molar-refractivity contribution in [1.29, 1.82) is 0 Å². The zero-order valence-corrected chi connectivity index (χ0v) is 12.4. The highest BCUT2D eigenvalue weighted by atomic mass is 35.5. The van der Waals surface area contributed by atoms with E-state index in [-0.39, 0.29) is 0 Å². The van der Waals surface area contributed by atoms with E-state index in [2.05, 4.69) is 0 Å². The predicted octanol–water partition coefficient (Wildman–Crippen LogP) is 4.85. The first-order valence-corrected chi connectivity index (χ1v) is 8.27. The Morgan fingerprint density at radius 2 is 1.19 bits per heavy atom. The number of ether oxygens (including phenoxy) is 2. The number of hydrogen-bond donors (Lipinski definition) is 0. The summed E-state index contributed by atoms with van der Waals surface area (Å²) in [6, 6.07) is 0. The van der Waals surface area contributed by atoms with Crippen LogP contribution in [0.1, 0.15) is 0 Å². The summed E-state index contributed by atoms with van der Waals surface area (Å²) in [5.41, 5.74) is 0. The van der Waals surface area contributed by atoms with E-state index < -0.39 is 0 Å². The van der Waals surface area contributed by atoms with Crippen LogP contribution in [-0.4, -0.2) is 13.2 Å². The van der Waals surface area contributed by atoms with Crippen molar-refractivity contribution in [2.75, 3.05) is 13.2 Å². The molecule has 0 saturated heterocycles. The molecule has 0 aromatic carbocycles. The quantitative estimate of drug-likeness (QED) is 0.627. The Morgan fingerprint density at radius 3 is 1.69 bits per heavy atom. The Labute approximate surface area is 120 Å². The number of hydrogen-bond acceptors (Lipinski definition) is 6. The zero-order valence-electron chi connectivity index (χ0n) is 7.62. The first-order valence-electron chi connectivity index (χ1n) is 4.25. The molecule has 0 aliphatic carbocycles. The van der Waals surface area contributed by atoms with Gasteiger partial charge in [-0.1, -0.05) is 46.7 Å². The molecule has 16 heavy (non-hydrogen) atoms. The summed E-state index contributed by atoms with van der Waals surface area (Å²) in [5, 5.41) is 1.72. The minimum Gasteiger partial charge on any atom is -0.480 e. The van der Waals surface area contributed by atoms with Crippen LogP contribution in [0, 0.1) is 0 Å². The third-order valence-electron chi connectivity index (χ3n) is 1.77. The molecule has 3 aliphatic rings. The lowest BCUT2D eigenvalue weighted by Crippen LogP contribution is -2.08. The Hall–Kier alpha value is 0.800. The molecule has 0 unspecified atom stereocenters. The molecule has 0 spiro atoms. The van der Waals surface area contributed by atoms with Crippen molar-refractivity contribution in [3.63, 3.8) is 0 Å². The van der Waals surface area contributed by atoms with Gasteiger partial charge in [-0.25, -0.2) is 0 Å². The smallest absolute Gasteiger partial charge is 0.208 e. The zero-order chi connectivity index (χ0) is 11.1. The van der Waals surface area contributed by atoms with Gasteiger partial charge in [-0.05, 0) is 23.5 Å². The topological polar surface area (TPSA) is 18.5 Å². The van der Waals surface area contributed by atoms with Crippen LogP contribution in [0.15, 0.2) is 27.4 Å². The van der Waals surface area contributed by atoms with Gasteiger partial charge in [0.05, 0.1) is 8.47 Å². The third-order valence-corrected chi connectivity index (χ3v) is 8.01. The van der Waals surface area contributed by atoms with Crippen LogP contribution in [0.5, 0.6) is 0 Å². The molecule has 0 aromatic heterocycles. The molecule has 8 heteroatoms. The van der Waals surface area contributed by atoms with Crippen LogP contribution < -0.4 is 0 Å². The molecule has 0 fully saturated rings. The van der Waals surface area contributed by atoms with E-state index in [1.165, 1.54) is 23.5 Å². The second-order valence-corrected chi connectivity index (χ2v) is 8.53. The standard InChI is InChI=1S/C8H4Cl2O2S4/c9-3-4(10)14-7(13-3)8-15-5-6(16-8)12-2-1-11-5/h1-2H2. The SMILES string of the molecule is ClC1=C(Cl)SC(=C2SC3=C(OCCO3)S2)S1. The van der Waals surface area contributed by atoms with Gasteiger partial charge >= 0.3 is 0 Å². The normalized spacial score (nSPS) is 24.9. The molecule has 0 N–H and O–H groups in total. The van der Waals surface area contributed by atoms with Crippen molar-refractivity contribution in [2.45, 2.75) is 0 Å². The van der Waals surface area contributed by atoms with Crippen LogP contribution >= 0.6 is 70.2 Å². The fourth-order valence-corrected chi connectivity index (χ4v) is 6.63. The second kappa shape index (κ2) is 4.82. The Morgan fingerprint density at radius 1 is 0.750 bits per heavy atom. The van der Waals surface area contributed by atoms with Crippen LogP contribution in [-0.2, 0) is 9.47 Å². The van der Waals surface area contributed by atoms with E-state index in [1.54, 1.807) is 23.5 Å². The van der Waals surface area contributed by atoms with E-state index in [0.717, 1.165) is 18.7 Å². The van der Waals surface area contributed by atoms with Gasteiger partial charge in [-0.15, -0.1) is 0 Å². The van der Waals surface area contributed by atoms with Crippen molar-refractivity contribution >= 4 is 70.2 Å². The lowest BCUT2D eigenvalue weighted by molar-refractivity contribution is 0.0949. The van der Waals surface area contributed by atoms with Crippen molar-refractivity contribution in [2.24, 2.45) is 0 Å². The van der Waals surface area contributed by atoms with Gasteiger partial charge in [0.2, 0.25) is 10.2 Å². The first-order chi connectivity index (χ1) is 7.74. The van der Waals surface area contributed by atoms with E-state index in [0.29, 0.717) is 21.9 Å². The van der Waals surface area contributed by atoms with Crippen molar-refractivity contribution in [1.82, 2.24) is 0 Å². The molecular formula is C8H4Cl2O2S4. The second-order valence-electron chi connectivity index (χ2n) is 2.80. The Balaban J connectivity index is 1.79. The Kier molecular flexibility index (Phi) is 3.57. The maximum atomic E-state index is 5.95. The average molecular weight is 331 g/mol. The summed E-state index contributed by atoms with van der Waals surface area (Å²) < 4.78 is 14.5. The average Bonchev–Trinajstić information content (AvgIpc) is 2.83. The maximum absolute atomic E-state index is 5.95. The highest BCUT2D eigenvalue weighted by Gasteiger charge is 2.32. The van der Waals surface area contributed by atoms with Gasteiger partial charge in [0, 0.05) is 0 Å². The summed E-state index contributed by atoms with van der Waals surface area (Å²) in [7, 11) is 0. The predicted molar refractivity (Wildman–Crippen MR) is 75.1 cm³/mol. The molecule has 0 amide bonds. The van der Waals surface area contributed by atoms with Gasteiger partial charge in [0.1, 0.15) is 21.9 Å². The van der Waals surface area contributed by atoms with Crippen molar-refractivity contribution < 1.29 is 9.47 Å². The highest BCUT2D eigenvalue weighted by molar-refractivity contribution is 8.34. The monoisotopic (exact) mass is 330 g/mol. The molecule has 0 saturated carbocycles. The molecule has 3 aliphatic heterocycles. The summed E-state index contributed by atoms with van der Waals surface area (Å²) in [5.74, 6) is 0. The van der Waals surface area contributed by atoms with E-state index in [1.807, 2.05) is 0 Å². The van der Waals surface area contributed by atoms with Gasteiger partial charge in [0.15, 0.2) is 0 Å². The fraction of sp³-hybridized carbons (Fsp3) is 0.250. The van der Waals surface area contributed by atoms with Gasteiger partial charge in [-0.2, -0.15) is 0 Å². The van der Waals surface area contributed by atoms with E-state index in [9.17, 15) is 0 Å². The van der Waals surface area contributed by atoms with Crippen LogP contribution in [0.4, 0.5) is 0 Å². The summed E-state index contributed by atoms with van der Waals surface area (Å²) in [6.07, 6.45) is 0. The molecule has 86 valence electrons. The van der Waals surface area contributed by atoms with E-state index >= 15 is 0 Å². The molecule has 0 radical (unpaired) electrons. The lowest BCUT2D eigenvalue weighted by Gasteiger charge is -2.13. The molecule has 3 rings (SSSR count). The van der Waals surface area contributed by atoms with Crippen LogP contribution in [0.25, 0.3) is 0 Å². The first kappa shape index (κ1) is 11.9. The minimum absolute atomic E-state index is 0.620. The van der Waals surface area contributed by atoms with Gasteiger partial charge < -0.3 is 9.47 Å². The van der Waals surface area contributed by atoms with Crippen LogP contribution in [0.3, 0.4) is 0 Å². The number of halogens is 2. The number of thioether (sulfide) groups is 4. The lowest BCUT2D eigenvalue weighted by atomic mass is 10.7. The summed E-state index contributed by atoms with van der Waals surface area (Å²) in [4.78, 5) is 0. The molecule has 2 nitrogen and oxygen atoms in total. The largest absolute Gasteiger partial charge is 0.480 e. The molecule has 0 bridgehead atoms. The van der Waals surface area contributed by atoms with Gasteiger partial charge in [0.25, 0.3) is 0 Å². The van der Waals surface area contributed by atoms with Gasteiger partial charge in [-0.3, -0.25) is 0 Å². The third kappa shape index (κ3) is 2.20. The molecule has 0 atom stereocenters. The fourth-order valence-electron chi connectivity index (χ4n) is 1.15. The highest BCUT2D eigenvalue weighted by Crippen LogP contribution is 2.61. The molecular weight excluding hydrogens is 327 g/mol. The maximum Gasteiger partial charge on any atom is 0.208 e.